The first kappa shape index (κ1) is 11.3. The van der Waals surface area contributed by atoms with Crippen LogP contribution in [0.25, 0.3) is 17.0 Å². The number of aliphatic carboxylic acids is 1. The summed E-state index contributed by atoms with van der Waals surface area (Å²) < 4.78 is 1.57. The molecule has 6 nitrogen and oxygen atoms in total. The highest BCUT2D eigenvalue weighted by atomic mass is 16.4. The van der Waals surface area contributed by atoms with Crippen molar-refractivity contribution in [1.29, 1.82) is 0 Å². The van der Waals surface area contributed by atoms with Gasteiger partial charge in [-0.1, -0.05) is 6.07 Å². The lowest BCUT2D eigenvalue weighted by Crippen LogP contribution is -2.02. The fraction of sp³-hybridized carbons (Fsp3) is 0.0769. The molecule has 3 rings (SSSR count). The maximum atomic E-state index is 11.0. The Balaban J connectivity index is 2.26. The summed E-state index contributed by atoms with van der Waals surface area (Å²) in [5.41, 5.74) is 2.32. The highest BCUT2D eigenvalue weighted by molar-refractivity contribution is 5.79. The van der Waals surface area contributed by atoms with Crippen molar-refractivity contribution < 1.29 is 9.90 Å². The zero-order valence-corrected chi connectivity index (χ0v) is 9.89. The zero-order valence-electron chi connectivity index (χ0n) is 9.89. The van der Waals surface area contributed by atoms with Crippen molar-refractivity contribution in [3.63, 3.8) is 0 Å². The van der Waals surface area contributed by atoms with Gasteiger partial charge in [0.2, 0.25) is 0 Å². The molecule has 19 heavy (non-hydrogen) atoms. The predicted molar refractivity (Wildman–Crippen MR) is 67.6 cm³/mol. The van der Waals surface area contributed by atoms with Gasteiger partial charge in [0.1, 0.15) is 5.69 Å². The number of carboxylic acids is 1. The lowest BCUT2D eigenvalue weighted by molar-refractivity contribution is -0.136. The third-order valence-corrected chi connectivity index (χ3v) is 2.73. The van der Waals surface area contributed by atoms with Gasteiger partial charge < -0.3 is 5.11 Å². The SMILES string of the molecule is O=C(O)Cc1c(-c2ccccn2)nn2cccnc12. The largest absolute Gasteiger partial charge is 0.481 e. The number of carboxylic acid groups (broad SMARTS) is 1. The second-order valence-corrected chi connectivity index (χ2v) is 4.00. The molecule has 0 aromatic carbocycles. The van der Waals surface area contributed by atoms with Gasteiger partial charge in [-0.15, -0.1) is 0 Å². The Labute approximate surface area is 108 Å². The van der Waals surface area contributed by atoms with Crippen molar-refractivity contribution >= 4 is 11.6 Å². The van der Waals surface area contributed by atoms with Gasteiger partial charge in [0, 0.05) is 24.2 Å². The summed E-state index contributed by atoms with van der Waals surface area (Å²) in [4.78, 5) is 19.4. The fourth-order valence-corrected chi connectivity index (χ4v) is 1.96. The van der Waals surface area contributed by atoms with E-state index in [1.54, 1.807) is 41.3 Å². The Morgan fingerprint density at radius 2 is 2.05 bits per heavy atom. The Morgan fingerprint density at radius 3 is 2.79 bits per heavy atom. The third-order valence-electron chi connectivity index (χ3n) is 2.73. The van der Waals surface area contributed by atoms with Crippen LogP contribution in [0, 0.1) is 0 Å². The number of pyridine rings is 1. The maximum absolute atomic E-state index is 11.0. The summed E-state index contributed by atoms with van der Waals surface area (Å²) in [6.07, 6.45) is 4.87. The van der Waals surface area contributed by atoms with Crippen LogP contribution in [0.4, 0.5) is 0 Å². The van der Waals surface area contributed by atoms with Crippen molar-refractivity contribution in [1.82, 2.24) is 19.6 Å². The lowest BCUT2D eigenvalue weighted by atomic mass is 10.1. The Hall–Kier alpha value is -2.76. The quantitative estimate of drug-likeness (QED) is 0.764. The minimum atomic E-state index is -0.919. The van der Waals surface area contributed by atoms with Crippen LogP contribution in [0.2, 0.25) is 0 Å². The first-order valence-electron chi connectivity index (χ1n) is 5.71. The van der Waals surface area contributed by atoms with Crippen LogP contribution in [0.15, 0.2) is 42.9 Å². The second-order valence-electron chi connectivity index (χ2n) is 4.00. The van der Waals surface area contributed by atoms with E-state index in [0.29, 0.717) is 22.6 Å². The molecule has 0 bridgehead atoms. The van der Waals surface area contributed by atoms with E-state index in [4.69, 9.17) is 5.11 Å². The topological polar surface area (TPSA) is 80.4 Å². The number of aromatic nitrogens is 4. The van der Waals surface area contributed by atoms with Crippen molar-refractivity contribution in [3.8, 4) is 11.4 Å². The first-order chi connectivity index (χ1) is 9.25. The van der Waals surface area contributed by atoms with Gasteiger partial charge in [-0.25, -0.2) is 9.50 Å². The van der Waals surface area contributed by atoms with E-state index in [9.17, 15) is 4.79 Å². The van der Waals surface area contributed by atoms with Crippen molar-refractivity contribution in [2.45, 2.75) is 6.42 Å². The minimum absolute atomic E-state index is 0.133. The van der Waals surface area contributed by atoms with Crippen molar-refractivity contribution in [2.75, 3.05) is 0 Å². The highest BCUT2D eigenvalue weighted by Crippen LogP contribution is 2.23. The molecule has 3 aromatic rings. The van der Waals surface area contributed by atoms with Gasteiger partial charge in [0.05, 0.1) is 12.1 Å². The van der Waals surface area contributed by atoms with Crippen LogP contribution >= 0.6 is 0 Å². The predicted octanol–water partition coefficient (Wildman–Crippen LogP) is 1.42. The van der Waals surface area contributed by atoms with E-state index in [-0.39, 0.29) is 6.42 Å². The van der Waals surface area contributed by atoms with E-state index in [2.05, 4.69) is 15.1 Å². The summed E-state index contributed by atoms with van der Waals surface area (Å²) in [5, 5.41) is 13.4. The molecule has 1 N–H and O–H groups in total. The summed E-state index contributed by atoms with van der Waals surface area (Å²) in [5.74, 6) is -0.919. The molecule has 0 amide bonds. The number of carbonyl (C=O) groups is 1. The molecule has 0 aliphatic rings. The number of rotatable bonds is 3. The Bertz CT molecular complexity index is 737. The average molecular weight is 254 g/mol. The van der Waals surface area contributed by atoms with Gasteiger partial charge in [0.15, 0.2) is 5.65 Å². The van der Waals surface area contributed by atoms with Gasteiger partial charge in [-0.2, -0.15) is 5.10 Å². The molecule has 0 atom stereocenters. The Kier molecular flexibility index (Phi) is 2.68. The molecule has 0 aliphatic heterocycles. The zero-order chi connectivity index (χ0) is 13.2. The molecule has 0 unspecified atom stereocenters. The molecular weight excluding hydrogens is 244 g/mol. The number of hydrogen-bond acceptors (Lipinski definition) is 4. The highest BCUT2D eigenvalue weighted by Gasteiger charge is 2.18. The van der Waals surface area contributed by atoms with E-state index in [1.165, 1.54) is 0 Å². The molecular formula is C13H10N4O2. The van der Waals surface area contributed by atoms with Gasteiger partial charge in [-0.3, -0.25) is 9.78 Å². The molecule has 0 fully saturated rings. The number of fused-ring (bicyclic) bond motifs is 1. The molecule has 94 valence electrons. The standard InChI is InChI=1S/C13H10N4O2/c18-11(19)8-9-12(10-4-1-2-5-14-10)16-17-7-3-6-15-13(9)17/h1-7H,8H2,(H,18,19). The smallest absolute Gasteiger partial charge is 0.308 e. The van der Waals surface area contributed by atoms with Crippen molar-refractivity contribution in [2.24, 2.45) is 0 Å². The van der Waals surface area contributed by atoms with Crippen LogP contribution in [0.1, 0.15) is 5.56 Å². The van der Waals surface area contributed by atoms with E-state index in [1.807, 2.05) is 6.07 Å². The van der Waals surface area contributed by atoms with Crippen LogP contribution in [0.5, 0.6) is 0 Å². The van der Waals surface area contributed by atoms with E-state index < -0.39 is 5.97 Å². The van der Waals surface area contributed by atoms with E-state index in [0.717, 1.165) is 0 Å². The average Bonchev–Trinajstić information content (AvgIpc) is 2.78. The summed E-state index contributed by atoms with van der Waals surface area (Å²) >= 11 is 0. The monoisotopic (exact) mass is 254 g/mol. The lowest BCUT2D eigenvalue weighted by Gasteiger charge is -1.98. The molecule has 3 aromatic heterocycles. The van der Waals surface area contributed by atoms with E-state index >= 15 is 0 Å². The molecule has 0 radical (unpaired) electrons. The van der Waals surface area contributed by atoms with Crippen LogP contribution < -0.4 is 0 Å². The third kappa shape index (κ3) is 2.03. The van der Waals surface area contributed by atoms with Gasteiger partial charge in [0.25, 0.3) is 0 Å². The molecule has 0 aliphatic carbocycles. The van der Waals surface area contributed by atoms with Crippen LogP contribution in [-0.2, 0) is 11.2 Å². The molecule has 0 saturated heterocycles. The van der Waals surface area contributed by atoms with Gasteiger partial charge in [-0.05, 0) is 18.2 Å². The first-order valence-corrected chi connectivity index (χ1v) is 5.71. The van der Waals surface area contributed by atoms with Crippen molar-refractivity contribution in [3.05, 3.63) is 48.4 Å². The minimum Gasteiger partial charge on any atom is -0.481 e. The fourth-order valence-electron chi connectivity index (χ4n) is 1.96. The summed E-state index contributed by atoms with van der Waals surface area (Å²) in [6, 6.07) is 7.18. The van der Waals surface area contributed by atoms with Gasteiger partial charge >= 0.3 is 5.97 Å². The molecule has 0 spiro atoms. The number of nitrogens with zero attached hydrogens (tertiary/aromatic N) is 4. The summed E-state index contributed by atoms with van der Waals surface area (Å²) in [6.45, 7) is 0. The molecule has 6 heteroatoms. The maximum Gasteiger partial charge on any atom is 0.308 e. The molecule has 3 heterocycles. The summed E-state index contributed by atoms with van der Waals surface area (Å²) in [7, 11) is 0. The number of hydrogen-bond donors (Lipinski definition) is 1. The normalized spacial score (nSPS) is 10.7. The van der Waals surface area contributed by atoms with Crippen LogP contribution in [0.3, 0.4) is 0 Å². The Morgan fingerprint density at radius 1 is 1.21 bits per heavy atom. The second kappa shape index (κ2) is 4.49. The molecule has 0 saturated carbocycles. The van der Waals surface area contributed by atoms with Crippen LogP contribution in [-0.4, -0.2) is 30.7 Å².